The number of benzene rings is 1. The van der Waals surface area contributed by atoms with Crippen LogP contribution in [0.15, 0.2) is 24.3 Å². The molecule has 0 spiro atoms. The van der Waals surface area contributed by atoms with Crippen molar-refractivity contribution in [2.24, 2.45) is 5.92 Å². The van der Waals surface area contributed by atoms with Crippen molar-refractivity contribution in [3.8, 4) is 0 Å². The van der Waals surface area contributed by atoms with Crippen LogP contribution in [0.1, 0.15) is 49.4 Å². The van der Waals surface area contributed by atoms with Crippen LogP contribution in [0, 0.1) is 12.8 Å². The Labute approximate surface area is 121 Å². The van der Waals surface area contributed by atoms with Gasteiger partial charge in [0.1, 0.15) is 6.17 Å². The van der Waals surface area contributed by atoms with Crippen LogP contribution in [0.4, 0.5) is 0 Å². The standard InChI is InChI=1S/C17H24N2O/c1-13-5-4-8-15(11-13)17-18-12-16(20)19(17)10-9-14-6-2-3-7-14/h4-5,8,11,14,17-18H,2-3,6-7,9-10,12H2,1H3. The molecule has 3 heteroatoms. The predicted molar refractivity (Wildman–Crippen MR) is 80.2 cm³/mol. The first-order valence-electron chi connectivity index (χ1n) is 7.83. The maximum atomic E-state index is 12.1. The molecule has 1 atom stereocenters. The van der Waals surface area contributed by atoms with E-state index in [1.807, 2.05) is 4.90 Å². The number of aryl methyl sites for hydroxylation is 1. The van der Waals surface area contributed by atoms with Crippen LogP contribution in [0.25, 0.3) is 0 Å². The van der Waals surface area contributed by atoms with Crippen LogP contribution in [0.5, 0.6) is 0 Å². The average molecular weight is 272 g/mol. The molecule has 2 fully saturated rings. The van der Waals surface area contributed by atoms with E-state index in [4.69, 9.17) is 0 Å². The van der Waals surface area contributed by atoms with Gasteiger partial charge in [-0.1, -0.05) is 55.5 Å². The fourth-order valence-corrected chi connectivity index (χ4v) is 3.55. The third-order valence-corrected chi connectivity index (χ3v) is 4.69. The summed E-state index contributed by atoms with van der Waals surface area (Å²) in [6.07, 6.45) is 6.69. The zero-order chi connectivity index (χ0) is 13.9. The second kappa shape index (κ2) is 5.96. The maximum Gasteiger partial charge on any atom is 0.238 e. The maximum absolute atomic E-state index is 12.1. The van der Waals surface area contributed by atoms with Crippen molar-refractivity contribution in [2.45, 2.75) is 45.2 Å². The molecular weight excluding hydrogens is 248 g/mol. The summed E-state index contributed by atoms with van der Waals surface area (Å²) in [5.74, 6) is 1.08. The van der Waals surface area contributed by atoms with Crippen LogP contribution in [-0.2, 0) is 4.79 Å². The minimum atomic E-state index is 0.0730. The van der Waals surface area contributed by atoms with Crippen molar-refractivity contribution in [3.63, 3.8) is 0 Å². The van der Waals surface area contributed by atoms with E-state index in [0.29, 0.717) is 6.54 Å². The van der Waals surface area contributed by atoms with Crippen molar-refractivity contribution in [1.82, 2.24) is 10.2 Å². The smallest absolute Gasteiger partial charge is 0.238 e. The van der Waals surface area contributed by atoms with Gasteiger partial charge in [0.25, 0.3) is 0 Å². The molecule has 1 amide bonds. The Morgan fingerprint density at radius 2 is 2.10 bits per heavy atom. The van der Waals surface area contributed by atoms with E-state index >= 15 is 0 Å². The van der Waals surface area contributed by atoms with Crippen LogP contribution in [-0.4, -0.2) is 23.9 Å². The van der Waals surface area contributed by atoms with Gasteiger partial charge < -0.3 is 4.90 Å². The third-order valence-electron chi connectivity index (χ3n) is 4.69. The molecule has 2 aliphatic rings. The number of carbonyl (C=O) groups is 1. The molecule has 108 valence electrons. The van der Waals surface area contributed by atoms with Gasteiger partial charge in [-0.25, -0.2) is 0 Å². The summed E-state index contributed by atoms with van der Waals surface area (Å²) in [6, 6.07) is 8.47. The van der Waals surface area contributed by atoms with E-state index in [1.165, 1.54) is 36.8 Å². The molecule has 1 aliphatic heterocycles. The van der Waals surface area contributed by atoms with Gasteiger partial charge in [0.2, 0.25) is 5.91 Å². The number of nitrogens with one attached hydrogen (secondary N) is 1. The topological polar surface area (TPSA) is 32.3 Å². The first-order chi connectivity index (χ1) is 9.74. The van der Waals surface area contributed by atoms with E-state index in [1.54, 1.807) is 0 Å². The van der Waals surface area contributed by atoms with Gasteiger partial charge in [-0.3, -0.25) is 10.1 Å². The van der Waals surface area contributed by atoms with Crippen molar-refractivity contribution < 1.29 is 4.79 Å². The molecule has 1 aliphatic carbocycles. The molecule has 3 rings (SSSR count). The molecule has 0 radical (unpaired) electrons. The molecule has 0 aromatic heterocycles. The van der Waals surface area contributed by atoms with Crippen LogP contribution >= 0.6 is 0 Å². The Morgan fingerprint density at radius 3 is 2.85 bits per heavy atom. The first kappa shape index (κ1) is 13.6. The van der Waals surface area contributed by atoms with E-state index in [0.717, 1.165) is 18.9 Å². The Balaban J connectivity index is 1.68. The van der Waals surface area contributed by atoms with Gasteiger partial charge in [-0.2, -0.15) is 0 Å². The molecule has 1 aromatic rings. The van der Waals surface area contributed by atoms with Crippen molar-refractivity contribution in [1.29, 1.82) is 0 Å². The minimum absolute atomic E-state index is 0.0730. The van der Waals surface area contributed by atoms with E-state index in [2.05, 4.69) is 36.5 Å². The zero-order valence-corrected chi connectivity index (χ0v) is 12.3. The largest absolute Gasteiger partial charge is 0.322 e. The number of hydrogen-bond donors (Lipinski definition) is 1. The molecule has 20 heavy (non-hydrogen) atoms. The Bertz CT molecular complexity index is 480. The number of rotatable bonds is 4. The molecular formula is C17H24N2O. The van der Waals surface area contributed by atoms with Gasteiger partial charge in [0.05, 0.1) is 6.54 Å². The summed E-state index contributed by atoms with van der Waals surface area (Å²) in [6.45, 7) is 3.47. The van der Waals surface area contributed by atoms with Crippen molar-refractivity contribution in [3.05, 3.63) is 35.4 Å². The van der Waals surface area contributed by atoms with Gasteiger partial charge in [-0.05, 0) is 24.8 Å². The summed E-state index contributed by atoms with van der Waals surface area (Å²) in [7, 11) is 0. The molecule has 1 saturated heterocycles. The molecule has 1 aromatic carbocycles. The second-order valence-corrected chi connectivity index (χ2v) is 6.22. The van der Waals surface area contributed by atoms with Crippen LogP contribution < -0.4 is 5.32 Å². The predicted octanol–water partition coefficient (Wildman–Crippen LogP) is 3.01. The monoisotopic (exact) mass is 272 g/mol. The molecule has 0 bridgehead atoms. The van der Waals surface area contributed by atoms with E-state index in [-0.39, 0.29) is 12.1 Å². The Morgan fingerprint density at radius 1 is 1.30 bits per heavy atom. The molecule has 1 N–H and O–H groups in total. The second-order valence-electron chi connectivity index (χ2n) is 6.22. The summed E-state index contributed by atoms with van der Waals surface area (Å²) in [4.78, 5) is 14.1. The normalized spacial score (nSPS) is 23.8. The fraction of sp³-hybridized carbons (Fsp3) is 0.588. The van der Waals surface area contributed by atoms with Gasteiger partial charge in [-0.15, -0.1) is 0 Å². The highest BCUT2D eigenvalue weighted by atomic mass is 16.2. The third kappa shape index (κ3) is 2.88. The number of carbonyl (C=O) groups excluding carboxylic acids is 1. The highest BCUT2D eigenvalue weighted by Crippen LogP contribution is 2.30. The molecule has 1 heterocycles. The van der Waals surface area contributed by atoms with Crippen LogP contribution in [0.3, 0.4) is 0 Å². The number of amides is 1. The van der Waals surface area contributed by atoms with Gasteiger partial charge in [0, 0.05) is 6.54 Å². The fourth-order valence-electron chi connectivity index (χ4n) is 3.55. The van der Waals surface area contributed by atoms with Gasteiger partial charge >= 0.3 is 0 Å². The Kier molecular flexibility index (Phi) is 4.06. The average Bonchev–Trinajstić information content (AvgIpc) is 3.06. The van der Waals surface area contributed by atoms with Crippen LogP contribution in [0.2, 0.25) is 0 Å². The minimum Gasteiger partial charge on any atom is -0.322 e. The summed E-state index contributed by atoms with van der Waals surface area (Å²) in [5, 5.41) is 3.35. The summed E-state index contributed by atoms with van der Waals surface area (Å²) in [5.41, 5.74) is 2.46. The lowest BCUT2D eigenvalue weighted by Gasteiger charge is -2.26. The van der Waals surface area contributed by atoms with Gasteiger partial charge in [0.15, 0.2) is 0 Å². The summed E-state index contributed by atoms with van der Waals surface area (Å²) < 4.78 is 0. The lowest BCUT2D eigenvalue weighted by atomic mass is 10.0. The quantitative estimate of drug-likeness (QED) is 0.914. The summed E-state index contributed by atoms with van der Waals surface area (Å²) >= 11 is 0. The highest BCUT2D eigenvalue weighted by molar-refractivity contribution is 5.80. The number of nitrogens with zero attached hydrogens (tertiary/aromatic N) is 1. The lowest BCUT2D eigenvalue weighted by Crippen LogP contribution is -2.32. The Hall–Kier alpha value is -1.35. The molecule has 3 nitrogen and oxygen atoms in total. The molecule has 1 saturated carbocycles. The van der Waals surface area contributed by atoms with E-state index < -0.39 is 0 Å². The SMILES string of the molecule is Cc1cccc(C2NCC(=O)N2CCC2CCCC2)c1. The lowest BCUT2D eigenvalue weighted by molar-refractivity contribution is -0.128. The molecule has 1 unspecified atom stereocenters. The number of hydrogen-bond acceptors (Lipinski definition) is 2. The first-order valence-corrected chi connectivity index (χ1v) is 7.83. The van der Waals surface area contributed by atoms with Crippen molar-refractivity contribution in [2.75, 3.05) is 13.1 Å². The van der Waals surface area contributed by atoms with E-state index in [9.17, 15) is 4.79 Å². The van der Waals surface area contributed by atoms with Crippen molar-refractivity contribution >= 4 is 5.91 Å². The highest BCUT2D eigenvalue weighted by Gasteiger charge is 2.31. The zero-order valence-electron chi connectivity index (χ0n) is 12.3.